The fraction of sp³-hybridized carbons (Fsp3) is 0.250. The van der Waals surface area contributed by atoms with E-state index in [9.17, 15) is 14.5 Å². The van der Waals surface area contributed by atoms with E-state index >= 15 is 0 Å². The Morgan fingerprint density at radius 2 is 1.95 bits per heavy atom. The van der Waals surface area contributed by atoms with Crippen LogP contribution in [-0.4, -0.2) is 11.0 Å². The fourth-order valence-electron chi connectivity index (χ4n) is 2.45. The first-order valence-corrected chi connectivity index (χ1v) is 6.75. The minimum absolute atomic E-state index is 0.135. The molecule has 0 saturated heterocycles. The zero-order valence-corrected chi connectivity index (χ0v) is 11.2. The highest BCUT2D eigenvalue weighted by Gasteiger charge is 2.50. The van der Waals surface area contributed by atoms with E-state index < -0.39 is 11.9 Å². The maximum Gasteiger partial charge on any atom is 0.221 e. The molecule has 108 valence electrons. The minimum Gasteiger partial charge on any atom is -0.486 e. The van der Waals surface area contributed by atoms with Crippen molar-refractivity contribution < 1.29 is 14.1 Å². The van der Waals surface area contributed by atoms with E-state index in [0.717, 1.165) is 5.56 Å². The third-order valence-electron chi connectivity index (χ3n) is 3.65. The zero-order valence-electron chi connectivity index (χ0n) is 11.2. The van der Waals surface area contributed by atoms with Crippen molar-refractivity contribution in [2.24, 2.45) is 0 Å². The van der Waals surface area contributed by atoms with Gasteiger partial charge in [-0.25, -0.2) is 4.39 Å². The van der Waals surface area contributed by atoms with Gasteiger partial charge in [0.15, 0.2) is 11.6 Å². The summed E-state index contributed by atoms with van der Waals surface area (Å²) >= 11 is 0. The van der Waals surface area contributed by atoms with E-state index in [4.69, 9.17) is 4.74 Å². The molecule has 0 aliphatic heterocycles. The van der Waals surface area contributed by atoms with E-state index in [1.807, 2.05) is 30.3 Å². The Bertz CT molecular complexity index is 660. The van der Waals surface area contributed by atoms with Crippen LogP contribution in [0.15, 0.2) is 48.5 Å². The molecule has 0 amide bonds. The smallest absolute Gasteiger partial charge is 0.221 e. The molecule has 0 N–H and O–H groups in total. The second-order valence-corrected chi connectivity index (χ2v) is 5.13. The normalized spacial score (nSPS) is 20.0. The Kier molecular flexibility index (Phi) is 3.56. The van der Waals surface area contributed by atoms with Gasteiger partial charge in [-0.05, 0) is 11.6 Å². The lowest BCUT2D eigenvalue weighted by Gasteiger charge is -2.11. The van der Waals surface area contributed by atoms with E-state index in [0.29, 0.717) is 12.0 Å². The summed E-state index contributed by atoms with van der Waals surface area (Å²) in [7, 11) is 0. The predicted octanol–water partition coefficient (Wildman–Crippen LogP) is 3.54. The summed E-state index contributed by atoms with van der Waals surface area (Å²) in [4.78, 5) is 10.5. The van der Waals surface area contributed by atoms with Crippen molar-refractivity contribution in [1.82, 2.24) is 0 Å². The number of rotatable bonds is 5. The average Bonchev–Trinajstić information content (AvgIpc) is 3.27. The molecule has 0 heterocycles. The van der Waals surface area contributed by atoms with Gasteiger partial charge in [0.25, 0.3) is 0 Å². The van der Waals surface area contributed by atoms with E-state index in [1.54, 1.807) is 12.1 Å². The Hall–Kier alpha value is -2.43. The van der Waals surface area contributed by atoms with Crippen LogP contribution in [0.1, 0.15) is 23.5 Å². The van der Waals surface area contributed by atoms with Crippen molar-refractivity contribution in [2.75, 3.05) is 0 Å². The monoisotopic (exact) mass is 287 g/mol. The summed E-state index contributed by atoms with van der Waals surface area (Å²) in [5, 5.41) is 10.8. The van der Waals surface area contributed by atoms with E-state index in [1.165, 1.54) is 6.07 Å². The number of benzene rings is 2. The van der Waals surface area contributed by atoms with Gasteiger partial charge in [0, 0.05) is 16.9 Å². The predicted molar refractivity (Wildman–Crippen MR) is 75.3 cm³/mol. The number of ether oxygens (including phenoxy) is 1. The maximum atomic E-state index is 14.0. The van der Waals surface area contributed by atoms with Gasteiger partial charge in [0.05, 0.1) is 5.92 Å². The van der Waals surface area contributed by atoms with Crippen molar-refractivity contribution in [2.45, 2.75) is 25.0 Å². The molecule has 2 atom stereocenters. The third kappa shape index (κ3) is 2.86. The molecule has 2 unspecified atom stereocenters. The molecule has 5 heteroatoms. The quantitative estimate of drug-likeness (QED) is 0.624. The highest BCUT2D eigenvalue weighted by atomic mass is 19.1. The fourth-order valence-corrected chi connectivity index (χ4v) is 2.45. The van der Waals surface area contributed by atoms with Crippen molar-refractivity contribution in [3.05, 3.63) is 75.6 Å². The molecule has 0 radical (unpaired) electrons. The summed E-state index contributed by atoms with van der Waals surface area (Å²) in [6.45, 7) is 0.241. The molecule has 4 nitrogen and oxygen atoms in total. The van der Waals surface area contributed by atoms with Crippen molar-refractivity contribution in [3.8, 4) is 5.75 Å². The lowest BCUT2D eigenvalue weighted by molar-refractivity contribution is -0.496. The average molecular weight is 287 g/mol. The highest BCUT2D eigenvalue weighted by molar-refractivity contribution is 5.41. The molecule has 1 saturated carbocycles. The molecule has 3 rings (SSSR count). The molecule has 0 bridgehead atoms. The Labute approximate surface area is 121 Å². The summed E-state index contributed by atoms with van der Waals surface area (Å²) in [6, 6.07) is 13.4. The zero-order chi connectivity index (χ0) is 14.8. The van der Waals surface area contributed by atoms with Crippen LogP contribution in [0, 0.1) is 15.9 Å². The SMILES string of the molecule is O=[N+]([O-])C1CC1c1cccc(F)c1OCc1ccccc1. The number of halogens is 1. The molecular weight excluding hydrogens is 273 g/mol. The Morgan fingerprint density at radius 1 is 1.19 bits per heavy atom. The second kappa shape index (κ2) is 5.52. The van der Waals surface area contributed by atoms with Crippen LogP contribution in [0.2, 0.25) is 0 Å². The van der Waals surface area contributed by atoms with Gasteiger partial charge in [-0.3, -0.25) is 10.1 Å². The van der Waals surface area contributed by atoms with Gasteiger partial charge in [0.2, 0.25) is 6.04 Å². The third-order valence-corrected chi connectivity index (χ3v) is 3.65. The summed E-state index contributed by atoms with van der Waals surface area (Å²) in [5.41, 5.74) is 1.51. The molecule has 21 heavy (non-hydrogen) atoms. The van der Waals surface area contributed by atoms with Crippen LogP contribution in [0.25, 0.3) is 0 Å². The number of hydrogen-bond acceptors (Lipinski definition) is 3. The summed E-state index contributed by atoms with van der Waals surface area (Å²) in [5.74, 6) is -0.588. The van der Waals surface area contributed by atoms with Crippen molar-refractivity contribution in [3.63, 3.8) is 0 Å². The number of nitro groups is 1. The maximum absolute atomic E-state index is 14.0. The van der Waals surface area contributed by atoms with E-state index in [2.05, 4.69) is 0 Å². The van der Waals surface area contributed by atoms with Crippen LogP contribution in [-0.2, 0) is 6.61 Å². The van der Waals surface area contributed by atoms with Crippen molar-refractivity contribution >= 4 is 0 Å². The standard InChI is InChI=1S/C16H14FNO3/c17-14-8-4-7-12(13-9-15(13)18(19)20)16(14)21-10-11-5-2-1-3-6-11/h1-8,13,15H,9-10H2. The summed E-state index contributed by atoms with van der Waals surface area (Å²) < 4.78 is 19.6. The van der Waals surface area contributed by atoms with Gasteiger partial charge < -0.3 is 4.74 Å². The molecule has 0 spiro atoms. The van der Waals surface area contributed by atoms with Gasteiger partial charge in [-0.15, -0.1) is 0 Å². The molecular formula is C16H14FNO3. The minimum atomic E-state index is -0.620. The largest absolute Gasteiger partial charge is 0.486 e. The first kappa shape index (κ1) is 13.5. The number of para-hydroxylation sites is 1. The first-order valence-electron chi connectivity index (χ1n) is 6.75. The lowest BCUT2D eigenvalue weighted by Crippen LogP contribution is -2.05. The molecule has 2 aromatic carbocycles. The molecule has 2 aromatic rings. The lowest BCUT2D eigenvalue weighted by atomic mass is 10.1. The van der Waals surface area contributed by atoms with Gasteiger partial charge in [-0.1, -0.05) is 42.5 Å². The van der Waals surface area contributed by atoms with Gasteiger partial charge >= 0.3 is 0 Å². The van der Waals surface area contributed by atoms with E-state index in [-0.39, 0.29) is 23.2 Å². The van der Waals surface area contributed by atoms with Gasteiger partial charge in [0.1, 0.15) is 6.61 Å². The molecule has 0 aromatic heterocycles. The topological polar surface area (TPSA) is 52.4 Å². The van der Waals surface area contributed by atoms with Crippen LogP contribution in [0.4, 0.5) is 4.39 Å². The van der Waals surface area contributed by atoms with Gasteiger partial charge in [-0.2, -0.15) is 0 Å². The van der Waals surface area contributed by atoms with Crippen LogP contribution in [0.5, 0.6) is 5.75 Å². The highest BCUT2D eigenvalue weighted by Crippen LogP contribution is 2.47. The van der Waals surface area contributed by atoms with Crippen LogP contribution < -0.4 is 4.74 Å². The summed E-state index contributed by atoms with van der Waals surface area (Å²) in [6.07, 6.45) is 0.443. The number of nitrogens with zero attached hydrogens (tertiary/aromatic N) is 1. The Balaban J connectivity index is 1.80. The first-order chi connectivity index (χ1) is 10.2. The van der Waals surface area contributed by atoms with Crippen LogP contribution >= 0.6 is 0 Å². The second-order valence-electron chi connectivity index (χ2n) is 5.13. The van der Waals surface area contributed by atoms with Crippen LogP contribution in [0.3, 0.4) is 0 Å². The number of hydrogen-bond donors (Lipinski definition) is 0. The molecule has 1 aliphatic carbocycles. The Morgan fingerprint density at radius 3 is 2.62 bits per heavy atom. The van der Waals surface area contributed by atoms with Crippen molar-refractivity contribution in [1.29, 1.82) is 0 Å². The molecule has 1 fully saturated rings. The molecule has 1 aliphatic rings.